The van der Waals surface area contributed by atoms with Gasteiger partial charge in [0.1, 0.15) is 0 Å². The van der Waals surface area contributed by atoms with Crippen molar-refractivity contribution in [3.8, 4) is 11.4 Å². The molecule has 0 unspecified atom stereocenters. The van der Waals surface area contributed by atoms with E-state index < -0.39 is 10.8 Å². The fourth-order valence-corrected chi connectivity index (χ4v) is 2.05. The fraction of sp³-hybridized carbons (Fsp3) is 0.0625. The third kappa shape index (κ3) is 3.43. The average Bonchev–Trinajstić information content (AvgIpc) is 3.09. The lowest BCUT2D eigenvalue weighted by Gasteiger charge is -2.02. The summed E-state index contributed by atoms with van der Waals surface area (Å²) in [6.07, 6.45) is 0. The second-order valence-electron chi connectivity index (χ2n) is 4.87. The van der Waals surface area contributed by atoms with Crippen molar-refractivity contribution in [1.29, 1.82) is 0 Å². The number of non-ortho nitro benzene ring substituents is 1. The molecule has 1 N–H and O–H groups in total. The molecule has 8 heteroatoms. The number of nitro benzene ring substituents is 1. The van der Waals surface area contributed by atoms with Gasteiger partial charge in [-0.25, -0.2) is 0 Å². The first-order chi connectivity index (χ1) is 11.6. The molecule has 0 fully saturated rings. The first kappa shape index (κ1) is 15.3. The third-order valence-electron chi connectivity index (χ3n) is 3.22. The number of aromatic nitrogens is 2. The molecule has 3 rings (SSSR count). The summed E-state index contributed by atoms with van der Waals surface area (Å²) in [6, 6.07) is 14.7. The zero-order valence-corrected chi connectivity index (χ0v) is 12.4. The standard InChI is InChI=1S/C16H12N4O4/c21-16(12-7-4-8-13(9-12)20(22)23)17-10-14-18-15(19-24-14)11-5-2-1-3-6-11/h1-9H,10H2,(H,17,21). The molecule has 2 aromatic carbocycles. The van der Waals surface area contributed by atoms with Crippen molar-refractivity contribution in [2.75, 3.05) is 0 Å². The predicted octanol–water partition coefficient (Wildman–Crippen LogP) is 2.57. The molecular formula is C16H12N4O4. The van der Waals surface area contributed by atoms with E-state index in [2.05, 4.69) is 15.5 Å². The molecule has 8 nitrogen and oxygen atoms in total. The molecule has 0 aliphatic rings. The highest BCUT2D eigenvalue weighted by molar-refractivity contribution is 5.94. The maximum atomic E-state index is 12.0. The molecule has 0 aliphatic carbocycles. The van der Waals surface area contributed by atoms with Crippen molar-refractivity contribution in [3.63, 3.8) is 0 Å². The molecule has 0 saturated heterocycles. The van der Waals surface area contributed by atoms with E-state index in [1.807, 2.05) is 30.3 Å². The zero-order valence-electron chi connectivity index (χ0n) is 12.4. The summed E-state index contributed by atoms with van der Waals surface area (Å²) >= 11 is 0. The molecule has 0 spiro atoms. The molecule has 3 aromatic rings. The molecule has 0 saturated carbocycles. The van der Waals surface area contributed by atoms with Crippen LogP contribution in [-0.4, -0.2) is 21.0 Å². The highest BCUT2D eigenvalue weighted by Gasteiger charge is 2.13. The van der Waals surface area contributed by atoms with Crippen LogP contribution in [0.2, 0.25) is 0 Å². The van der Waals surface area contributed by atoms with E-state index in [9.17, 15) is 14.9 Å². The SMILES string of the molecule is O=C(NCc1nc(-c2ccccc2)no1)c1cccc([N+](=O)[O-])c1. The van der Waals surface area contributed by atoms with Crippen LogP contribution in [-0.2, 0) is 6.54 Å². The Labute approximate surface area is 136 Å². The quantitative estimate of drug-likeness (QED) is 0.570. The molecule has 24 heavy (non-hydrogen) atoms. The van der Waals surface area contributed by atoms with E-state index in [1.165, 1.54) is 24.3 Å². The van der Waals surface area contributed by atoms with Crippen molar-refractivity contribution in [2.24, 2.45) is 0 Å². The van der Waals surface area contributed by atoms with Gasteiger partial charge in [0.15, 0.2) is 0 Å². The summed E-state index contributed by atoms with van der Waals surface area (Å²) in [6.45, 7) is 0.0291. The first-order valence-corrected chi connectivity index (χ1v) is 7.04. The Hall–Kier alpha value is -3.55. The predicted molar refractivity (Wildman–Crippen MR) is 84.0 cm³/mol. The first-order valence-electron chi connectivity index (χ1n) is 7.04. The van der Waals surface area contributed by atoms with Gasteiger partial charge in [0.05, 0.1) is 11.5 Å². The lowest BCUT2D eigenvalue weighted by atomic mass is 10.2. The van der Waals surface area contributed by atoms with Gasteiger partial charge in [0.2, 0.25) is 11.7 Å². The van der Waals surface area contributed by atoms with Gasteiger partial charge in [-0.1, -0.05) is 41.6 Å². The topological polar surface area (TPSA) is 111 Å². The van der Waals surface area contributed by atoms with Crippen molar-refractivity contribution in [2.45, 2.75) is 6.54 Å². The number of nitrogens with zero attached hydrogens (tertiary/aromatic N) is 3. The van der Waals surface area contributed by atoms with Crippen LogP contribution in [0.15, 0.2) is 59.1 Å². The van der Waals surface area contributed by atoms with E-state index in [4.69, 9.17) is 4.52 Å². The number of hydrogen-bond donors (Lipinski definition) is 1. The Balaban J connectivity index is 1.66. The van der Waals surface area contributed by atoms with Gasteiger partial charge in [-0.05, 0) is 6.07 Å². The molecule has 0 radical (unpaired) electrons. The number of nitro groups is 1. The molecule has 0 atom stereocenters. The van der Waals surface area contributed by atoms with Gasteiger partial charge in [0.25, 0.3) is 11.6 Å². The molecule has 0 bridgehead atoms. The van der Waals surface area contributed by atoms with Gasteiger partial charge in [-0.15, -0.1) is 0 Å². The number of carbonyl (C=O) groups is 1. The minimum atomic E-state index is -0.555. The maximum Gasteiger partial charge on any atom is 0.270 e. The normalized spacial score (nSPS) is 10.3. The van der Waals surface area contributed by atoms with Crippen LogP contribution >= 0.6 is 0 Å². The number of hydrogen-bond acceptors (Lipinski definition) is 6. The Morgan fingerprint density at radius 1 is 1.17 bits per heavy atom. The lowest BCUT2D eigenvalue weighted by Crippen LogP contribution is -2.23. The van der Waals surface area contributed by atoms with Crippen molar-refractivity contribution in [3.05, 3.63) is 76.2 Å². The smallest absolute Gasteiger partial charge is 0.270 e. The highest BCUT2D eigenvalue weighted by Crippen LogP contribution is 2.15. The van der Waals surface area contributed by atoms with Gasteiger partial charge in [-0.3, -0.25) is 14.9 Å². The van der Waals surface area contributed by atoms with Crippen LogP contribution in [0.5, 0.6) is 0 Å². The molecule has 120 valence electrons. The van der Waals surface area contributed by atoms with Crippen LogP contribution < -0.4 is 5.32 Å². The molecule has 0 aliphatic heterocycles. The molecule has 1 heterocycles. The van der Waals surface area contributed by atoms with Gasteiger partial charge in [0, 0.05) is 23.3 Å². The highest BCUT2D eigenvalue weighted by atomic mass is 16.6. The summed E-state index contributed by atoms with van der Waals surface area (Å²) in [5.41, 5.74) is 0.844. The Bertz CT molecular complexity index is 877. The van der Waals surface area contributed by atoms with Crippen LogP contribution in [0, 0.1) is 10.1 Å². The van der Waals surface area contributed by atoms with Crippen LogP contribution in [0.1, 0.15) is 16.2 Å². The summed E-state index contributed by atoms with van der Waals surface area (Å²) in [5, 5.41) is 17.2. The number of amides is 1. The largest absolute Gasteiger partial charge is 0.343 e. The Kier molecular flexibility index (Phi) is 4.28. The number of rotatable bonds is 5. The van der Waals surface area contributed by atoms with Crippen LogP contribution in [0.4, 0.5) is 5.69 Å². The van der Waals surface area contributed by atoms with E-state index in [1.54, 1.807) is 0 Å². The fourth-order valence-electron chi connectivity index (χ4n) is 2.05. The maximum absolute atomic E-state index is 12.0. The van der Waals surface area contributed by atoms with E-state index in [0.29, 0.717) is 5.82 Å². The van der Waals surface area contributed by atoms with Crippen molar-refractivity contribution >= 4 is 11.6 Å². The summed E-state index contributed by atoms with van der Waals surface area (Å²) < 4.78 is 5.08. The second kappa shape index (κ2) is 6.69. The zero-order chi connectivity index (χ0) is 16.9. The summed E-state index contributed by atoms with van der Waals surface area (Å²) in [5.74, 6) is 0.209. The number of nitrogens with one attached hydrogen (secondary N) is 1. The van der Waals surface area contributed by atoms with Crippen molar-refractivity contribution < 1.29 is 14.2 Å². The molecule has 1 amide bonds. The number of benzene rings is 2. The summed E-state index contributed by atoms with van der Waals surface area (Å²) in [7, 11) is 0. The van der Waals surface area contributed by atoms with Gasteiger partial charge >= 0.3 is 0 Å². The minimum Gasteiger partial charge on any atom is -0.343 e. The van der Waals surface area contributed by atoms with Crippen LogP contribution in [0.3, 0.4) is 0 Å². The third-order valence-corrected chi connectivity index (χ3v) is 3.22. The van der Waals surface area contributed by atoms with Gasteiger partial charge < -0.3 is 9.84 Å². The summed E-state index contributed by atoms with van der Waals surface area (Å²) in [4.78, 5) is 26.4. The Morgan fingerprint density at radius 3 is 2.71 bits per heavy atom. The molecule has 1 aromatic heterocycles. The monoisotopic (exact) mass is 324 g/mol. The van der Waals surface area contributed by atoms with Crippen LogP contribution in [0.25, 0.3) is 11.4 Å². The molecular weight excluding hydrogens is 312 g/mol. The Morgan fingerprint density at radius 2 is 1.96 bits per heavy atom. The second-order valence-corrected chi connectivity index (χ2v) is 4.87. The minimum absolute atomic E-state index is 0.0291. The van der Waals surface area contributed by atoms with E-state index in [0.717, 1.165) is 5.56 Å². The average molecular weight is 324 g/mol. The number of carbonyl (C=O) groups excluding carboxylic acids is 1. The van der Waals surface area contributed by atoms with Crippen molar-refractivity contribution in [1.82, 2.24) is 15.5 Å². The van der Waals surface area contributed by atoms with E-state index in [-0.39, 0.29) is 23.7 Å². The lowest BCUT2D eigenvalue weighted by molar-refractivity contribution is -0.384. The van der Waals surface area contributed by atoms with Gasteiger partial charge in [-0.2, -0.15) is 4.98 Å². The van der Waals surface area contributed by atoms with E-state index >= 15 is 0 Å².